The Labute approximate surface area is 168 Å². The summed E-state index contributed by atoms with van der Waals surface area (Å²) in [6.45, 7) is 2.93. The Bertz CT molecular complexity index is 860. The molecule has 2 heterocycles. The summed E-state index contributed by atoms with van der Waals surface area (Å²) in [5.74, 6) is 0. The molecule has 0 spiro atoms. The SMILES string of the molecule is OCC1CCCN1Cc1ccc(NC=C2CN=Cc3ccc(Br)cc32)cc1. The molecule has 1 saturated heterocycles. The van der Waals surface area contributed by atoms with E-state index < -0.39 is 0 Å². The highest BCUT2D eigenvalue weighted by atomic mass is 79.9. The van der Waals surface area contributed by atoms with E-state index in [1.54, 1.807) is 0 Å². The van der Waals surface area contributed by atoms with E-state index in [0.717, 1.165) is 35.2 Å². The van der Waals surface area contributed by atoms with Crippen LogP contribution in [0.5, 0.6) is 0 Å². The second-order valence-corrected chi connectivity index (χ2v) is 8.08. The first-order valence-corrected chi connectivity index (χ1v) is 10.2. The summed E-state index contributed by atoms with van der Waals surface area (Å²) in [7, 11) is 0. The Kier molecular flexibility index (Phi) is 5.72. The Morgan fingerprint density at radius 1 is 1.22 bits per heavy atom. The smallest absolute Gasteiger partial charge is 0.0660 e. The van der Waals surface area contributed by atoms with Crippen LogP contribution in [-0.2, 0) is 6.54 Å². The van der Waals surface area contributed by atoms with E-state index in [9.17, 15) is 5.11 Å². The van der Waals surface area contributed by atoms with Crippen molar-refractivity contribution in [1.29, 1.82) is 0 Å². The predicted molar refractivity (Wildman–Crippen MR) is 115 cm³/mol. The fourth-order valence-electron chi connectivity index (χ4n) is 3.79. The molecule has 1 unspecified atom stereocenters. The number of nitrogens with zero attached hydrogens (tertiary/aromatic N) is 2. The maximum atomic E-state index is 9.47. The molecule has 140 valence electrons. The van der Waals surface area contributed by atoms with Crippen LogP contribution in [0, 0.1) is 0 Å². The molecule has 0 amide bonds. The van der Waals surface area contributed by atoms with Gasteiger partial charge in [-0.2, -0.15) is 0 Å². The van der Waals surface area contributed by atoms with E-state index in [-0.39, 0.29) is 6.61 Å². The van der Waals surface area contributed by atoms with Crippen LogP contribution < -0.4 is 5.32 Å². The van der Waals surface area contributed by atoms with Gasteiger partial charge in [-0.3, -0.25) is 9.89 Å². The van der Waals surface area contributed by atoms with Crippen LogP contribution >= 0.6 is 15.9 Å². The molecule has 0 aliphatic carbocycles. The van der Waals surface area contributed by atoms with E-state index in [1.165, 1.54) is 23.1 Å². The average Bonchev–Trinajstić information content (AvgIpc) is 3.14. The zero-order valence-electron chi connectivity index (χ0n) is 15.2. The van der Waals surface area contributed by atoms with Crippen molar-refractivity contribution in [1.82, 2.24) is 4.90 Å². The zero-order chi connectivity index (χ0) is 18.6. The second-order valence-electron chi connectivity index (χ2n) is 7.16. The molecule has 2 aliphatic heterocycles. The first kappa shape index (κ1) is 18.4. The predicted octanol–water partition coefficient (Wildman–Crippen LogP) is 4.29. The molecule has 0 bridgehead atoms. The molecule has 4 rings (SSSR count). The fraction of sp³-hybridized carbons (Fsp3) is 0.318. The van der Waals surface area contributed by atoms with Crippen LogP contribution in [0.25, 0.3) is 5.57 Å². The molecule has 0 radical (unpaired) electrons. The van der Waals surface area contributed by atoms with Crippen LogP contribution in [-0.4, -0.2) is 42.0 Å². The minimum absolute atomic E-state index is 0.257. The summed E-state index contributed by atoms with van der Waals surface area (Å²) in [4.78, 5) is 6.83. The molecule has 1 atom stereocenters. The summed E-state index contributed by atoms with van der Waals surface area (Å²) in [6.07, 6.45) is 6.27. The molecule has 2 aromatic carbocycles. The molecule has 1 fully saturated rings. The van der Waals surface area contributed by atoms with Gasteiger partial charge in [0.15, 0.2) is 0 Å². The number of hydrogen-bond acceptors (Lipinski definition) is 4. The molecule has 2 N–H and O–H groups in total. The Morgan fingerprint density at radius 2 is 2.07 bits per heavy atom. The molecule has 5 heteroatoms. The molecule has 4 nitrogen and oxygen atoms in total. The van der Waals surface area contributed by atoms with Gasteiger partial charge in [0.1, 0.15) is 0 Å². The van der Waals surface area contributed by atoms with Crippen molar-refractivity contribution in [2.75, 3.05) is 25.0 Å². The molecule has 0 saturated carbocycles. The van der Waals surface area contributed by atoms with Crippen LogP contribution in [0.1, 0.15) is 29.5 Å². The van der Waals surface area contributed by atoms with Gasteiger partial charge in [-0.1, -0.05) is 34.1 Å². The van der Waals surface area contributed by atoms with E-state index in [0.29, 0.717) is 12.6 Å². The van der Waals surface area contributed by atoms with E-state index in [2.05, 4.69) is 73.7 Å². The summed E-state index contributed by atoms with van der Waals surface area (Å²) in [5, 5.41) is 12.9. The lowest BCUT2D eigenvalue weighted by Crippen LogP contribution is -2.31. The maximum absolute atomic E-state index is 9.47. The van der Waals surface area contributed by atoms with Gasteiger partial charge in [-0.15, -0.1) is 0 Å². The summed E-state index contributed by atoms with van der Waals surface area (Å²) in [5.41, 5.74) is 5.90. The highest BCUT2D eigenvalue weighted by Gasteiger charge is 2.23. The quantitative estimate of drug-likeness (QED) is 0.750. The minimum atomic E-state index is 0.257. The van der Waals surface area contributed by atoms with Crippen molar-refractivity contribution in [2.45, 2.75) is 25.4 Å². The second kappa shape index (κ2) is 8.38. The first-order chi connectivity index (χ1) is 13.2. The maximum Gasteiger partial charge on any atom is 0.0660 e. The number of rotatable bonds is 5. The number of fused-ring (bicyclic) bond motifs is 1. The topological polar surface area (TPSA) is 47.9 Å². The normalized spacial score (nSPS) is 20.8. The Balaban J connectivity index is 1.43. The number of aliphatic imine (C=N–C) groups is 1. The van der Waals surface area contributed by atoms with Gasteiger partial charge in [-0.05, 0) is 65.9 Å². The zero-order valence-corrected chi connectivity index (χ0v) is 16.8. The highest BCUT2D eigenvalue weighted by molar-refractivity contribution is 9.10. The van der Waals surface area contributed by atoms with Gasteiger partial charge in [0.2, 0.25) is 0 Å². The number of hydrogen-bond donors (Lipinski definition) is 2. The van der Waals surface area contributed by atoms with Gasteiger partial charge < -0.3 is 10.4 Å². The average molecular weight is 426 g/mol. The number of benzene rings is 2. The summed E-state index contributed by atoms with van der Waals surface area (Å²) < 4.78 is 1.08. The van der Waals surface area contributed by atoms with Crippen LogP contribution in [0.4, 0.5) is 5.69 Å². The molecular weight excluding hydrogens is 402 g/mol. The van der Waals surface area contributed by atoms with Crippen LogP contribution in [0.3, 0.4) is 0 Å². The Morgan fingerprint density at radius 3 is 2.89 bits per heavy atom. The van der Waals surface area contributed by atoms with Gasteiger partial charge in [0.05, 0.1) is 13.2 Å². The van der Waals surface area contributed by atoms with Gasteiger partial charge in [0.25, 0.3) is 0 Å². The number of aliphatic hydroxyl groups is 1. The summed E-state index contributed by atoms with van der Waals surface area (Å²) >= 11 is 3.56. The minimum Gasteiger partial charge on any atom is -0.395 e. The number of halogens is 1. The van der Waals surface area contributed by atoms with E-state index >= 15 is 0 Å². The third-order valence-corrected chi connectivity index (χ3v) is 5.81. The fourth-order valence-corrected chi connectivity index (χ4v) is 4.15. The van der Waals surface area contributed by atoms with Crippen LogP contribution in [0.2, 0.25) is 0 Å². The molecular formula is C22H24BrN3O. The van der Waals surface area contributed by atoms with E-state index in [4.69, 9.17) is 0 Å². The lowest BCUT2D eigenvalue weighted by atomic mass is 9.99. The largest absolute Gasteiger partial charge is 0.395 e. The molecule has 2 aliphatic rings. The lowest BCUT2D eigenvalue weighted by molar-refractivity contribution is 0.153. The third-order valence-electron chi connectivity index (χ3n) is 5.32. The van der Waals surface area contributed by atoms with Crippen molar-refractivity contribution < 1.29 is 5.11 Å². The van der Waals surface area contributed by atoms with Crippen molar-refractivity contribution in [3.63, 3.8) is 0 Å². The highest BCUT2D eigenvalue weighted by Crippen LogP contribution is 2.26. The van der Waals surface area contributed by atoms with Crippen molar-refractivity contribution in [2.24, 2.45) is 4.99 Å². The molecule has 2 aromatic rings. The van der Waals surface area contributed by atoms with Gasteiger partial charge in [-0.25, -0.2) is 0 Å². The standard InChI is InChI=1S/C22H24BrN3O/c23-19-6-5-17-11-24-12-18(22(17)10-19)13-25-20-7-3-16(4-8-20)14-26-9-1-2-21(26)15-27/h3-8,10-11,13,21,25,27H,1-2,9,12,14-15H2. The number of anilines is 1. The lowest BCUT2D eigenvalue weighted by Gasteiger charge is -2.22. The molecule has 0 aromatic heterocycles. The van der Waals surface area contributed by atoms with Crippen molar-refractivity contribution >= 4 is 33.4 Å². The monoisotopic (exact) mass is 425 g/mol. The van der Waals surface area contributed by atoms with Gasteiger partial charge in [0, 0.05) is 35.2 Å². The number of nitrogens with one attached hydrogen (secondary N) is 1. The number of likely N-dealkylation sites (tertiary alicyclic amines) is 1. The summed E-state index contributed by atoms with van der Waals surface area (Å²) in [6, 6.07) is 15.1. The van der Waals surface area contributed by atoms with Crippen molar-refractivity contribution in [3.05, 3.63) is 69.8 Å². The number of aliphatic hydroxyl groups excluding tert-OH is 1. The molecule has 27 heavy (non-hydrogen) atoms. The van der Waals surface area contributed by atoms with Crippen molar-refractivity contribution in [3.8, 4) is 0 Å². The van der Waals surface area contributed by atoms with Gasteiger partial charge >= 0.3 is 0 Å². The van der Waals surface area contributed by atoms with Crippen LogP contribution in [0.15, 0.2) is 58.1 Å². The third kappa shape index (κ3) is 4.32. The van der Waals surface area contributed by atoms with E-state index in [1.807, 2.05) is 12.3 Å². The first-order valence-electron chi connectivity index (χ1n) is 9.42. The Hall–Kier alpha value is -1.95.